The Morgan fingerprint density at radius 3 is 2.52 bits per heavy atom. The van der Waals surface area contributed by atoms with E-state index in [1.165, 1.54) is 12.0 Å². The highest BCUT2D eigenvalue weighted by Gasteiger charge is 2.10. The molecule has 0 spiro atoms. The van der Waals surface area contributed by atoms with Gasteiger partial charge in [-0.2, -0.15) is 0 Å². The molecule has 0 bridgehead atoms. The number of nitrogens with one attached hydrogen (secondary N) is 2. The summed E-state index contributed by atoms with van der Waals surface area (Å²) in [5.74, 6) is 0.989. The van der Waals surface area contributed by atoms with Crippen LogP contribution >= 0.6 is 0 Å². The summed E-state index contributed by atoms with van der Waals surface area (Å²) in [6, 6.07) is 8.00. The van der Waals surface area contributed by atoms with Crippen LogP contribution in [0.4, 0.5) is 17.2 Å². The monoisotopic (exact) mass is 369 g/mol. The number of carbonyl (C=O) groups excluding carboxylic acids is 1. The third-order valence-corrected chi connectivity index (χ3v) is 4.51. The standard InChI is InChI=1S/C21H31N5O/c1-6-26(7-2)17-8-9-18(16(5)12-17)25-20-13-19(23-14-24-20)21(27)22-11-10-15(3)4/h8-9,12-15H,6-7,10-11H2,1-5H3,(H,22,27)(H,23,24,25). The van der Waals surface area contributed by atoms with E-state index in [4.69, 9.17) is 0 Å². The van der Waals surface area contributed by atoms with Crippen molar-refractivity contribution < 1.29 is 4.79 Å². The third kappa shape index (κ3) is 5.94. The quantitative estimate of drug-likeness (QED) is 0.695. The molecule has 0 radical (unpaired) electrons. The number of amides is 1. The summed E-state index contributed by atoms with van der Waals surface area (Å²) >= 11 is 0. The minimum atomic E-state index is -0.172. The lowest BCUT2D eigenvalue weighted by molar-refractivity contribution is 0.0947. The van der Waals surface area contributed by atoms with Gasteiger partial charge in [0, 0.05) is 37.1 Å². The highest BCUT2D eigenvalue weighted by molar-refractivity contribution is 5.93. The van der Waals surface area contributed by atoms with Gasteiger partial charge < -0.3 is 15.5 Å². The molecule has 2 aromatic rings. The van der Waals surface area contributed by atoms with Crippen molar-refractivity contribution in [2.75, 3.05) is 29.9 Å². The number of anilines is 3. The summed E-state index contributed by atoms with van der Waals surface area (Å²) in [4.78, 5) is 22.9. The molecule has 2 N–H and O–H groups in total. The molecular formula is C21H31N5O. The Labute approximate surface area is 162 Å². The summed E-state index contributed by atoms with van der Waals surface area (Å²) in [7, 11) is 0. The Morgan fingerprint density at radius 1 is 1.15 bits per heavy atom. The first-order valence-electron chi connectivity index (χ1n) is 9.67. The van der Waals surface area contributed by atoms with E-state index in [0.717, 1.165) is 30.8 Å². The maximum absolute atomic E-state index is 12.2. The molecule has 0 aliphatic heterocycles. The molecule has 6 heteroatoms. The zero-order valence-corrected chi connectivity index (χ0v) is 17.0. The lowest BCUT2D eigenvalue weighted by Crippen LogP contribution is -2.26. The number of benzene rings is 1. The van der Waals surface area contributed by atoms with Crippen LogP contribution in [0.15, 0.2) is 30.6 Å². The SMILES string of the molecule is CCN(CC)c1ccc(Nc2cc(C(=O)NCCC(C)C)ncn2)c(C)c1. The van der Waals surface area contributed by atoms with Crippen LogP contribution in [0.2, 0.25) is 0 Å². The molecule has 0 aliphatic rings. The van der Waals surface area contributed by atoms with Gasteiger partial charge in [-0.05, 0) is 56.9 Å². The average Bonchev–Trinajstić information content (AvgIpc) is 2.64. The molecule has 1 aromatic heterocycles. The van der Waals surface area contributed by atoms with Gasteiger partial charge >= 0.3 is 0 Å². The normalized spacial score (nSPS) is 10.7. The number of rotatable bonds is 9. The topological polar surface area (TPSA) is 70.2 Å². The number of hydrogen-bond donors (Lipinski definition) is 2. The molecule has 0 fully saturated rings. The van der Waals surface area contributed by atoms with Crippen LogP contribution in [0.25, 0.3) is 0 Å². The van der Waals surface area contributed by atoms with Crippen LogP contribution < -0.4 is 15.5 Å². The Morgan fingerprint density at radius 2 is 1.89 bits per heavy atom. The molecule has 146 valence electrons. The summed E-state index contributed by atoms with van der Waals surface area (Å²) in [5, 5.41) is 6.20. The fraction of sp³-hybridized carbons (Fsp3) is 0.476. The van der Waals surface area contributed by atoms with Crippen molar-refractivity contribution >= 4 is 23.1 Å². The number of nitrogens with zero attached hydrogens (tertiary/aromatic N) is 3. The molecule has 0 saturated heterocycles. The predicted octanol–water partition coefficient (Wildman–Crippen LogP) is 4.15. The van der Waals surface area contributed by atoms with E-state index in [0.29, 0.717) is 24.0 Å². The van der Waals surface area contributed by atoms with E-state index in [2.05, 4.69) is 72.3 Å². The van der Waals surface area contributed by atoms with Crippen LogP contribution in [-0.2, 0) is 0 Å². The van der Waals surface area contributed by atoms with Crippen LogP contribution in [0, 0.1) is 12.8 Å². The molecule has 0 aliphatic carbocycles. The van der Waals surface area contributed by atoms with Gasteiger partial charge in [-0.1, -0.05) is 13.8 Å². The highest BCUT2D eigenvalue weighted by atomic mass is 16.1. The van der Waals surface area contributed by atoms with E-state index < -0.39 is 0 Å². The van der Waals surface area contributed by atoms with E-state index in [1.54, 1.807) is 6.07 Å². The van der Waals surface area contributed by atoms with Crippen molar-refractivity contribution in [1.29, 1.82) is 0 Å². The molecule has 0 saturated carbocycles. The van der Waals surface area contributed by atoms with Crippen molar-refractivity contribution in [2.45, 2.75) is 41.0 Å². The highest BCUT2D eigenvalue weighted by Crippen LogP contribution is 2.25. The van der Waals surface area contributed by atoms with Crippen LogP contribution in [-0.4, -0.2) is 35.5 Å². The molecule has 6 nitrogen and oxygen atoms in total. The van der Waals surface area contributed by atoms with Crippen molar-refractivity contribution in [3.8, 4) is 0 Å². The average molecular weight is 370 g/mol. The fourth-order valence-corrected chi connectivity index (χ4v) is 2.83. The van der Waals surface area contributed by atoms with Crippen molar-refractivity contribution in [2.24, 2.45) is 5.92 Å². The number of aromatic nitrogens is 2. The largest absolute Gasteiger partial charge is 0.372 e. The van der Waals surface area contributed by atoms with Gasteiger partial charge in [0.1, 0.15) is 17.8 Å². The molecular weight excluding hydrogens is 338 g/mol. The van der Waals surface area contributed by atoms with E-state index >= 15 is 0 Å². The number of aryl methyl sites for hydroxylation is 1. The number of carbonyl (C=O) groups is 1. The van der Waals surface area contributed by atoms with Crippen LogP contribution in [0.1, 0.15) is 50.2 Å². The fourth-order valence-electron chi connectivity index (χ4n) is 2.83. The van der Waals surface area contributed by atoms with E-state index in [-0.39, 0.29) is 5.91 Å². The molecule has 0 atom stereocenters. The minimum absolute atomic E-state index is 0.172. The zero-order chi connectivity index (χ0) is 19.8. The second-order valence-corrected chi connectivity index (χ2v) is 7.02. The van der Waals surface area contributed by atoms with Gasteiger partial charge in [-0.3, -0.25) is 4.79 Å². The lowest BCUT2D eigenvalue weighted by Gasteiger charge is -2.22. The molecule has 1 heterocycles. The van der Waals surface area contributed by atoms with Crippen molar-refractivity contribution in [1.82, 2.24) is 15.3 Å². The van der Waals surface area contributed by atoms with Gasteiger partial charge in [0.15, 0.2) is 0 Å². The lowest BCUT2D eigenvalue weighted by atomic mass is 10.1. The first-order valence-corrected chi connectivity index (χ1v) is 9.67. The van der Waals surface area contributed by atoms with Crippen molar-refractivity contribution in [3.63, 3.8) is 0 Å². The second kappa shape index (κ2) is 9.90. The molecule has 1 aromatic carbocycles. The van der Waals surface area contributed by atoms with Crippen LogP contribution in [0.3, 0.4) is 0 Å². The molecule has 27 heavy (non-hydrogen) atoms. The molecule has 2 rings (SSSR count). The first kappa shape index (κ1) is 20.7. The second-order valence-electron chi connectivity index (χ2n) is 7.02. The Bertz CT molecular complexity index is 756. The Hall–Kier alpha value is -2.63. The van der Waals surface area contributed by atoms with Gasteiger partial charge in [0.25, 0.3) is 5.91 Å². The maximum atomic E-state index is 12.2. The van der Waals surface area contributed by atoms with Gasteiger partial charge in [0.05, 0.1) is 0 Å². The van der Waals surface area contributed by atoms with Gasteiger partial charge in [-0.15, -0.1) is 0 Å². The smallest absolute Gasteiger partial charge is 0.270 e. The summed E-state index contributed by atoms with van der Waals surface area (Å²) in [5.41, 5.74) is 3.67. The first-order chi connectivity index (χ1) is 12.9. The van der Waals surface area contributed by atoms with Crippen LogP contribution in [0.5, 0.6) is 0 Å². The Kier molecular flexibility index (Phi) is 7.58. The third-order valence-electron chi connectivity index (χ3n) is 4.51. The van der Waals surface area contributed by atoms with Crippen molar-refractivity contribution in [3.05, 3.63) is 41.9 Å². The maximum Gasteiger partial charge on any atom is 0.270 e. The summed E-state index contributed by atoms with van der Waals surface area (Å²) < 4.78 is 0. The molecule has 1 amide bonds. The van der Waals surface area contributed by atoms with Gasteiger partial charge in [0.2, 0.25) is 0 Å². The predicted molar refractivity (Wildman–Crippen MR) is 112 cm³/mol. The summed E-state index contributed by atoms with van der Waals surface area (Å²) in [6.07, 6.45) is 2.36. The number of hydrogen-bond acceptors (Lipinski definition) is 5. The molecule has 0 unspecified atom stereocenters. The summed E-state index contributed by atoms with van der Waals surface area (Å²) in [6.45, 7) is 13.2. The van der Waals surface area contributed by atoms with E-state index in [1.807, 2.05) is 6.07 Å². The zero-order valence-electron chi connectivity index (χ0n) is 17.0. The Balaban J connectivity index is 2.08. The van der Waals surface area contributed by atoms with Gasteiger partial charge in [-0.25, -0.2) is 9.97 Å². The van der Waals surface area contributed by atoms with E-state index in [9.17, 15) is 4.79 Å². The minimum Gasteiger partial charge on any atom is -0.372 e.